The highest BCUT2D eigenvalue weighted by Gasteiger charge is 2.41. The maximum atomic E-state index is 11.8. The smallest absolute Gasteiger partial charge is 0.309 e. The molecule has 1 amide bonds. The van der Waals surface area contributed by atoms with E-state index in [0.717, 1.165) is 6.42 Å². The number of esters is 1. The molecule has 3 atom stereocenters. The first-order chi connectivity index (χ1) is 8.97. The van der Waals surface area contributed by atoms with Gasteiger partial charge in [-0.3, -0.25) is 9.59 Å². The number of hydrogen-bond acceptors (Lipinski definition) is 3. The minimum Gasteiger partial charge on any atom is -0.452 e. The SMILES string of the molecule is C[C@H](OC(=O)[C@@H]1C[C@H]1C)C(=O)Nc1ccc(Cl)cc1. The van der Waals surface area contributed by atoms with E-state index in [1.807, 2.05) is 6.92 Å². The Kier molecular flexibility index (Phi) is 4.10. The molecule has 1 saturated carbocycles. The zero-order valence-corrected chi connectivity index (χ0v) is 11.6. The van der Waals surface area contributed by atoms with Gasteiger partial charge < -0.3 is 10.1 Å². The van der Waals surface area contributed by atoms with Gasteiger partial charge in [0.05, 0.1) is 5.92 Å². The molecular formula is C14H16ClNO3. The molecule has 19 heavy (non-hydrogen) atoms. The molecular weight excluding hydrogens is 266 g/mol. The van der Waals surface area contributed by atoms with E-state index >= 15 is 0 Å². The predicted molar refractivity (Wildman–Crippen MR) is 72.9 cm³/mol. The van der Waals surface area contributed by atoms with Crippen LogP contribution in [0.2, 0.25) is 5.02 Å². The molecule has 0 radical (unpaired) electrons. The van der Waals surface area contributed by atoms with Crippen LogP contribution in [-0.4, -0.2) is 18.0 Å². The van der Waals surface area contributed by atoms with E-state index in [0.29, 0.717) is 16.6 Å². The summed E-state index contributed by atoms with van der Waals surface area (Å²) in [6, 6.07) is 6.74. The molecule has 1 aromatic rings. The lowest BCUT2D eigenvalue weighted by molar-refractivity contribution is -0.154. The molecule has 1 N–H and O–H groups in total. The van der Waals surface area contributed by atoms with Gasteiger partial charge in [-0.05, 0) is 43.5 Å². The summed E-state index contributed by atoms with van der Waals surface area (Å²) >= 11 is 5.75. The maximum Gasteiger partial charge on any atom is 0.309 e. The fourth-order valence-corrected chi connectivity index (χ4v) is 1.87. The fourth-order valence-electron chi connectivity index (χ4n) is 1.74. The normalized spacial score (nSPS) is 22.5. The van der Waals surface area contributed by atoms with Gasteiger partial charge in [0, 0.05) is 10.7 Å². The van der Waals surface area contributed by atoms with Crippen LogP contribution >= 0.6 is 11.6 Å². The van der Waals surface area contributed by atoms with Crippen LogP contribution in [0.5, 0.6) is 0 Å². The Hall–Kier alpha value is -1.55. The van der Waals surface area contributed by atoms with Crippen molar-refractivity contribution in [3.63, 3.8) is 0 Å². The Morgan fingerprint density at radius 2 is 1.95 bits per heavy atom. The minimum absolute atomic E-state index is 0.0363. The molecule has 102 valence electrons. The highest BCUT2D eigenvalue weighted by Crippen LogP contribution is 2.38. The van der Waals surface area contributed by atoms with Crippen molar-refractivity contribution >= 4 is 29.2 Å². The molecule has 1 aliphatic carbocycles. The number of carbonyl (C=O) groups excluding carboxylic acids is 2. The molecule has 0 unspecified atom stereocenters. The Morgan fingerprint density at radius 1 is 1.37 bits per heavy atom. The number of benzene rings is 1. The standard InChI is InChI=1S/C14H16ClNO3/c1-8-7-12(8)14(18)19-9(2)13(17)16-11-5-3-10(15)4-6-11/h3-6,8-9,12H,7H2,1-2H3,(H,16,17)/t8-,9+,12-/m1/s1. The highest BCUT2D eigenvalue weighted by atomic mass is 35.5. The lowest BCUT2D eigenvalue weighted by Crippen LogP contribution is -2.30. The van der Waals surface area contributed by atoms with Crippen molar-refractivity contribution in [3.8, 4) is 0 Å². The van der Waals surface area contributed by atoms with E-state index in [2.05, 4.69) is 5.32 Å². The number of halogens is 1. The predicted octanol–water partition coefficient (Wildman–Crippen LogP) is 2.87. The van der Waals surface area contributed by atoms with Crippen LogP contribution in [-0.2, 0) is 14.3 Å². The third kappa shape index (κ3) is 3.70. The van der Waals surface area contributed by atoms with Crippen LogP contribution < -0.4 is 5.32 Å². The summed E-state index contributed by atoms with van der Waals surface area (Å²) in [5.41, 5.74) is 0.622. The first-order valence-corrected chi connectivity index (χ1v) is 6.62. The van der Waals surface area contributed by atoms with Gasteiger partial charge >= 0.3 is 5.97 Å². The molecule has 4 nitrogen and oxygen atoms in total. The molecule has 1 aliphatic rings. The van der Waals surface area contributed by atoms with Crippen molar-refractivity contribution in [2.75, 3.05) is 5.32 Å². The van der Waals surface area contributed by atoms with Crippen molar-refractivity contribution in [1.29, 1.82) is 0 Å². The van der Waals surface area contributed by atoms with Gasteiger partial charge in [0.25, 0.3) is 5.91 Å². The number of anilines is 1. The van der Waals surface area contributed by atoms with Gasteiger partial charge in [0.1, 0.15) is 0 Å². The number of nitrogens with one attached hydrogen (secondary N) is 1. The third-order valence-corrected chi connectivity index (χ3v) is 3.44. The first kappa shape index (κ1) is 13.9. The monoisotopic (exact) mass is 281 g/mol. The van der Waals surface area contributed by atoms with Gasteiger partial charge in [-0.1, -0.05) is 18.5 Å². The molecule has 2 rings (SSSR count). The maximum absolute atomic E-state index is 11.8. The van der Waals surface area contributed by atoms with Gasteiger partial charge in [-0.15, -0.1) is 0 Å². The van der Waals surface area contributed by atoms with Gasteiger partial charge in [-0.2, -0.15) is 0 Å². The van der Waals surface area contributed by atoms with Crippen LogP contribution in [0.3, 0.4) is 0 Å². The van der Waals surface area contributed by atoms with E-state index in [-0.39, 0.29) is 17.8 Å². The minimum atomic E-state index is -0.795. The lowest BCUT2D eigenvalue weighted by Gasteiger charge is -2.13. The quantitative estimate of drug-likeness (QED) is 0.864. The van der Waals surface area contributed by atoms with Crippen molar-refractivity contribution in [2.45, 2.75) is 26.4 Å². The van der Waals surface area contributed by atoms with E-state index in [9.17, 15) is 9.59 Å². The fraction of sp³-hybridized carbons (Fsp3) is 0.429. The molecule has 0 saturated heterocycles. The summed E-state index contributed by atoms with van der Waals surface area (Å²) in [7, 11) is 0. The van der Waals surface area contributed by atoms with Crippen molar-refractivity contribution in [1.82, 2.24) is 0 Å². The molecule has 0 heterocycles. The summed E-state index contributed by atoms with van der Waals surface area (Å²) in [5, 5.41) is 3.27. The summed E-state index contributed by atoms with van der Waals surface area (Å²) < 4.78 is 5.13. The zero-order chi connectivity index (χ0) is 14.0. The van der Waals surface area contributed by atoms with Crippen LogP contribution in [0, 0.1) is 11.8 Å². The Bertz CT molecular complexity index is 486. The highest BCUT2D eigenvalue weighted by molar-refractivity contribution is 6.30. The largest absolute Gasteiger partial charge is 0.452 e. The van der Waals surface area contributed by atoms with E-state index in [1.54, 1.807) is 31.2 Å². The molecule has 0 aliphatic heterocycles. The molecule has 1 aromatic carbocycles. The molecule has 1 fully saturated rings. The number of amides is 1. The molecule has 0 aromatic heterocycles. The average Bonchev–Trinajstić information content (AvgIpc) is 3.09. The van der Waals surface area contributed by atoms with Crippen molar-refractivity contribution < 1.29 is 14.3 Å². The van der Waals surface area contributed by atoms with Crippen LogP contribution in [0.4, 0.5) is 5.69 Å². The Balaban J connectivity index is 1.85. The summed E-state index contributed by atoms with van der Waals surface area (Å²) in [5.74, 6) is -0.292. The number of ether oxygens (including phenoxy) is 1. The van der Waals surface area contributed by atoms with E-state index in [4.69, 9.17) is 16.3 Å². The second-order valence-corrected chi connectivity index (χ2v) is 5.33. The number of hydrogen-bond donors (Lipinski definition) is 1. The van der Waals surface area contributed by atoms with Crippen LogP contribution in [0.25, 0.3) is 0 Å². The summed E-state index contributed by atoms with van der Waals surface area (Å²) in [6.45, 7) is 3.56. The molecule has 0 bridgehead atoms. The van der Waals surface area contributed by atoms with Crippen molar-refractivity contribution in [2.24, 2.45) is 11.8 Å². The van der Waals surface area contributed by atoms with E-state index < -0.39 is 6.10 Å². The molecule has 0 spiro atoms. The number of rotatable bonds is 4. The summed E-state index contributed by atoms with van der Waals surface area (Å²) in [6.07, 6.45) is 0.0562. The number of carbonyl (C=O) groups is 2. The topological polar surface area (TPSA) is 55.4 Å². The van der Waals surface area contributed by atoms with E-state index in [1.165, 1.54) is 0 Å². The second-order valence-electron chi connectivity index (χ2n) is 4.89. The van der Waals surface area contributed by atoms with Crippen LogP contribution in [0.15, 0.2) is 24.3 Å². The first-order valence-electron chi connectivity index (χ1n) is 6.24. The van der Waals surface area contributed by atoms with Crippen LogP contribution in [0.1, 0.15) is 20.3 Å². The second kappa shape index (κ2) is 5.61. The lowest BCUT2D eigenvalue weighted by atomic mass is 10.3. The Labute approximate surface area is 117 Å². The Morgan fingerprint density at radius 3 is 2.47 bits per heavy atom. The average molecular weight is 282 g/mol. The zero-order valence-electron chi connectivity index (χ0n) is 10.9. The third-order valence-electron chi connectivity index (χ3n) is 3.19. The summed E-state index contributed by atoms with van der Waals surface area (Å²) in [4.78, 5) is 23.4. The van der Waals surface area contributed by atoms with Gasteiger partial charge in [0.15, 0.2) is 6.10 Å². The van der Waals surface area contributed by atoms with Crippen molar-refractivity contribution in [3.05, 3.63) is 29.3 Å². The van der Waals surface area contributed by atoms with Gasteiger partial charge in [0.2, 0.25) is 0 Å². The molecule has 5 heteroatoms. The van der Waals surface area contributed by atoms with Gasteiger partial charge in [-0.25, -0.2) is 0 Å².